The number of aliphatic carboxylic acids is 1. The SMILES string of the molecule is Cc1cc(Cc2ccccc2)cc(C)c1-c1ccc(F)c2c1CC[C@H]2Nc1cnc([C@H]2C[C@@H]2C(=O)O)cn1. The van der Waals surface area contributed by atoms with Crippen LogP contribution in [0, 0.1) is 25.6 Å². The minimum absolute atomic E-state index is 0.0631. The second-order valence-electron chi connectivity index (χ2n) is 10.6. The van der Waals surface area contributed by atoms with Crippen LogP contribution in [0.4, 0.5) is 10.2 Å². The molecule has 5 nitrogen and oxygen atoms in total. The molecule has 38 heavy (non-hydrogen) atoms. The van der Waals surface area contributed by atoms with Crippen LogP contribution >= 0.6 is 0 Å². The third-order valence-electron chi connectivity index (χ3n) is 7.93. The lowest BCUT2D eigenvalue weighted by molar-refractivity contribution is -0.138. The van der Waals surface area contributed by atoms with Crippen LogP contribution in [-0.2, 0) is 17.6 Å². The maximum atomic E-state index is 15.2. The summed E-state index contributed by atoms with van der Waals surface area (Å²) in [5.41, 5.74) is 9.68. The molecule has 2 aliphatic carbocycles. The standard InChI is InChI=1S/C32H30FN3O2/c1-18-12-21(14-20-6-4-3-5-7-20)13-19(2)30(18)22-8-10-26(33)31-23(22)9-11-27(31)36-29-17-34-28(16-35-29)24-15-25(24)32(37)38/h3-8,10,12-13,16-17,24-25,27H,9,11,14-15H2,1-2H3,(H,35,36)(H,37,38)/t24-,25-,27+/m0/s1. The van der Waals surface area contributed by atoms with Gasteiger partial charge in [0.2, 0.25) is 0 Å². The van der Waals surface area contributed by atoms with Crippen LogP contribution in [0.2, 0.25) is 0 Å². The number of carboxylic acid groups (broad SMARTS) is 1. The number of hydrogen-bond donors (Lipinski definition) is 2. The van der Waals surface area contributed by atoms with E-state index >= 15 is 4.39 Å². The van der Waals surface area contributed by atoms with Gasteiger partial charge < -0.3 is 10.4 Å². The first kappa shape index (κ1) is 24.3. The Kier molecular flexibility index (Phi) is 6.18. The van der Waals surface area contributed by atoms with Gasteiger partial charge in [-0.3, -0.25) is 9.78 Å². The zero-order chi connectivity index (χ0) is 26.4. The summed E-state index contributed by atoms with van der Waals surface area (Å²) in [5, 5.41) is 12.5. The molecule has 1 aromatic heterocycles. The molecular formula is C32H30FN3O2. The van der Waals surface area contributed by atoms with Crippen LogP contribution < -0.4 is 5.32 Å². The molecule has 2 N–H and O–H groups in total. The van der Waals surface area contributed by atoms with Crippen molar-refractivity contribution >= 4 is 11.8 Å². The lowest BCUT2D eigenvalue weighted by Crippen LogP contribution is -2.11. The molecule has 6 heteroatoms. The van der Waals surface area contributed by atoms with Crippen molar-refractivity contribution in [3.63, 3.8) is 0 Å². The second kappa shape index (κ2) is 9.67. The largest absolute Gasteiger partial charge is 0.481 e. The van der Waals surface area contributed by atoms with Gasteiger partial charge in [0.1, 0.15) is 11.6 Å². The Morgan fingerprint density at radius 1 is 1.03 bits per heavy atom. The van der Waals surface area contributed by atoms with Crippen molar-refractivity contribution in [2.45, 2.75) is 51.5 Å². The van der Waals surface area contributed by atoms with Gasteiger partial charge in [0.25, 0.3) is 0 Å². The average molecular weight is 508 g/mol. The van der Waals surface area contributed by atoms with E-state index in [1.165, 1.54) is 27.8 Å². The van der Waals surface area contributed by atoms with Gasteiger partial charge in [-0.15, -0.1) is 0 Å². The number of aromatic nitrogens is 2. The Balaban J connectivity index is 1.26. The number of nitrogens with one attached hydrogen (secondary N) is 1. The van der Waals surface area contributed by atoms with Gasteiger partial charge in [-0.1, -0.05) is 48.5 Å². The van der Waals surface area contributed by atoms with Crippen molar-refractivity contribution in [2.24, 2.45) is 5.92 Å². The normalized spacial score (nSPS) is 19.7. The number of carbonyl (C=O) groups is 1. The van der Waals surface area contributed by atoms with Crippen molar-refractivity contribution in [1.29, 1.82) is 0 Å². The van der Waals surface area contributed by atoms with E-state index in [0.29, 0.717) is 23.5 Å². The number of benzene rings is 3. The summed E-state index contributed by atoms with van der Waals surface area (Å²) in [4.78, 5) is 20.1. The van der Waals surface area contributed by atoms with Crippen LogP contribution in [0.15, 0.2) is 67.0 Å². The molecule has 0 unspecified atom stereocenters. The number of rotatable bonds is 7. The fourth-order valence-corrected chi connectivity index (χ4v) is 6.08. The lowest BCUT2D eigenvalue weighted by atomic mass is 9.88. The van der Waals surface area contributed by atoms with E-state index in [2.05, 4.69) is 65.5 Å². The molecule has 6 rings (SSSR count). The lowest BCUT2D eigenvalue weighted by Gasteiger charge is -2.19. The first-order valence-corrected chi connectivity index (χ1v) is 13.2. The number of carboxylic acids is 1. The topological polar surface area (TPSA) is 75.1 Å². The average Bonchev–Trinajstić information content (AvgIpc) is 3.60. The highest BCUT2D eigenvalue weighted by Crippen LogP contribution is 2.47. The number of anilines is 1. The van der Waals surface area contributed by atoms with Gasteiger partial charge >= 0.3 is 5.97 Å². The molecule has 0 saturated heterocycles. The number of fused-ring (bicyclic) bond motifs is 1. The Morgan fingerprint density at radius 2 is 1.79 bits per heavy atom. The fourth-order valence-electron chi connectivity index (χ4n) is 6.08. The van der Waals surface area contributed by atoms with E-state index in [9.17, 15) is 4.79 Å². The molecule has 0 aliphatic heterocycles. The van der Waals surface area contributed by atoms with E-state index in [1.54, 1.807) is 18.5 Å². The summed E-state index contributed by atoms with van der Waals surface area (Å²) < 4.78 is 15.2. The first-order chi connectivity index (χ1) is 18.4. The van der Waals surface area contributed by atoms with E-state index in [-0.39, 0.29) is 23.7 Å². The van der Waals surface area contributed by atoms with Crippen molar-refractivity contribution in [2.75, 3.05) is 5.32 Å². The number of halogens is 1. The van der Waals surface area contributed by atoms with E-state index < -0.39 is 5.97 Å². The van der Waals surface area contributed by atoms with Gasteiger partial charge in [-0.25, -0.2) is 9.37 Å². The molecule has 0 radical (unpaired) electrons. The molecule has 3 atom stereocenters. The number of aryl methyl sites for hydroxylation is 2. The zero-order valence-electron chi connectivity index (χ0n) is 21.5. The highest BCUT2D eigenvalue weighted by atomic mass is 19.1. The summed E-state index contributed by atoms with van der Waals surface area (Å²) in [5.74, 6) is -0.851. The number of hydrogen-bond acceptors (Lipinski definition) is 4. The van der Waals surface area contributed by atoms with Gasteiger partial charge in [-0.2, -0.15) is 0 Å². The second-order valence-corrected chi connectivity index (χ2v) is 10.6. The predicted molar refractivity (Wildman–Crippen MR) is 146 cm³/mol. The summed E-state index contributed by atoms with van der Waals surface area (Å²) in [7, 11) is 0. The summed E-state index contributed by atoms with van der Waals surface area (Å²) in [6.45, 7) is 4.28. The van der Waals surface area contributed by atoms with Crippen molar-refractivity contribution in [3.8, 4) is 11.1 Å². The van der Waals surface area contributed by atoms with Gasteiger partial charge in [-0.05, 0) is 84.5 Å². The Morgan fingerprint density at radius 3 is 2.45 bits per heavy atom. The number of nitrogens with zero attached hydrogens (tertiary/aromatic N) is 2. The third kappa shape index (κ3) is 4.55. The summed E-state index contributed by atoms with van der Waals surface area (Å²) in [6, 6.07) is 18.3. The Bertz CT molecular complexity index is 1500. The fraction of sp³-hybridized carbons (Fsp3) is 0.281. The van der Waals surface area contributed by atoms with Crippen molar-refractivity contribution < 1.29 is 14.3 Å². The minimum atomic E-state index is -0.788. The summed E-state index contributed by atoms with van der Waals surface area (Å²) >= 11 is 0. The maximum Gasteiger partial charge on any atom is 0.307 e. The van der Waals surface area contributed by atoms with Gasteiger partial charge in [0, 0.05) is 11.5 Å². The summed E-state index contributed by atoms with van der Waals surface area (Å²) in [6.07, 6.45) is 6.30. The molecule has 0 amide bonds. The smallest absolute Gasteiger partial charge is 0.307 e. The van der Waals surface area contributed by atoms with Crippen LogP contribution in [0.1, 0.15) is 63.9 Å². The van der Waals surface area contributed by atoms with Crippen LogP contribution in [0.5, 0.6) is 0 Å². The third-order valence-corrected chi connectivity index (χ3v) is 7.93. The molecule has 0 bridgehead atoms. The monoisotopic (exact) mass is 507 g/mol. The highest BCUT2D eigenvalue weighted by Gasteiger charge is 2.45. The Labute approximate surface area is 221 Å². The van der Waals surface area contributed by atoms with E-state index in [1.807, 2.05) is 12.1 Å². The maximum absolute atomic E-state index is 15.2. The van der Waals surface area contributed by atoms with Gasteiger partial charge in [0.15, 0.2) is 0 Å². The predicted octanol–water partition coefficient (Wildman–Crippen LogP) is 6.78. The molecule has 0 spiro atoms. The zero-order valence-corrected chi connectivity index (χ0v) is 21.5. The highest BCUT2D eigenvalue weighted by molar-refractivity contribution is 5.77. The molecule has 3 aromatic carbocycles. The quantitative estimate of drug-likeness (QED) is 0.288. The molecule has 1 heterocycles. The van der Waals surface area contributed by atoms with Gasteiger partial charge in [0.05, 0.1) is 30.0 Å². The minimum Gasteiger partial charge on any atom is -0.481 e. The Hall–Kier alpha value is -4.06. The molecule has 1 saturated carbocycles. The molecular weight excluding hydrogens is 477 g/mol. The van der Waals surface area contributed by atoms with E-state index in [0.717, 1.165) is 30.4 Å². The molecule has 192 valence electrons. The van der Waals surface area contributed by atoms with Crippen molar-refractivity contribution in [1.82, 2.24) is 9.97 Å². The van der Waals surface area contributed by atoms with Crippen molar-refractivity contribution in [3.05, 3.63) is 112 Å². The molecule has 1 fully saturated rings. The molecule has 2 aliphatic rings. The van der Waals surface area contributed by atoms with E-state index in [4.69, 9.17) is 5.11 Å². The molecule has 4 aromatic rings. The van der Waals surface area contributed by atoms with Crippen LogP contribution in [-0.4, -0.2) is 21.0 Å². The first-order valence-electron chi connectivity index (χ1n) is 13.2. The van der Waals surface area contributed by atoms with Crippen LogP contribution in [0.25, 0.3) is 11.1 Å². The van der Waals surface area contributed by atoms with Crippen LogP contribution in [0.3, 0.4) is 0 Å².